The van der Waals surface area contributed by atoms with Crippen molar-refractivity contribution in [2.24, 2.45) is 0 Å². The molecule has 1 aromatic carbocycles. The van der Waals surface area contributed by atoms with Crippen molar-refractivity contribution in [3.05, 3.63) is 46.2 Å². The van der Waals surface area contributed by atoms with Gasteiger partial charge in [-0.3, -0.25) is 10.1 Å². The Morgan fingerprint density at radius 3 is 2.58 bits per heavy atom. The summed E-state index contributed by atoms with van der Waals surface area (Å²) in [6.45, 7) is 1.77. The number of benzene rings is 1. The fourth-order valence-electron chi connectivity index (χ4n) is 1.37. The van der Waals surface area contributed by atoms with Gasteiger partial charge < -0.3 is 15.2 Å². The first-order chi connectivity index (χ1) is 9.04. The van der Waals surface area contributed by atoms with Crippen LogP contribution in [0.5, 0.6) is 0 Å². The van der Waals surface area contributed by atoms with Gasteiger partial charge in [-0.15, -0.1) is 0 Å². The molecular weight excluding hydrogens is 268 g/mol. The van der Waals surface area contributed by atoms with Gasteiger partial charge in [0.1, 0.15) is 5.76 Å². The van der Waals surface area contributed by atoms with Gasteiger partial charge in [-0.1, -0.05) is 5.16 Å². The van der Waals surface area contributed by atoms with E-state index in [0.717, 1.165) is 0 Å². The lowest BCUT2D eigenvalue weighted by Crippen LogP contribution is -2.19. The minimum absolute atomic E-state index is 0.0246. The second-order valence-corrected chi connectivity index (χ2v) is 4.11. The average molecular weight is 278 g/mol. The highest BCUT2D eigenvalue weighted by Crippen LogP contribution is 2.16. The number of anilines is 2. The predicted molar refractivity (Wildman–Crippen MR) is 74.2 cm³/mol. The number of non-ortho nitro benzene ring substituents is 1. The quantitative estimate of drug-likeness (QED) is 0.506. The third kappa shape index (κ3) is 3.49. The van der Waals surface area contributed by atoms with Crippen molar-refractivity contribution < 1.29 is 9.45 Å². The van der Waals surface area contributed by atoms with Crippen molar-refractivity contribution >= 4 is 34.5 Å². The van der Waals surface area contributed by atoms with Gasteiger partial charge >= 0.3 is 0 Å². The van der Waals surface area contributed by atoms with Crippen molar-refractivity contribution in [2.45, 2.75) is 6.92 Å². The first-order valence-corrected chi connectivity index (χ1v) is 5.71. The number of rotatable bonds is 3. The van der Waals surface area contributed by atoms with Gasteiger partial charge in [0.05, 0.1) is 4.92 Å². The van der Waals surface area contributed by atoms with Gasteiger partial charge in [-0.2, -0.15) is 0 Å². The molecule has 0 aliphatic heterocycles. The molecule has 2 rings (SSSR count). The molecule has 8 heteroatoms. The number of nitro groups is 1. The van der Waals surface area contributed by atoms with Crippen LogP contribution in [0, 0.1) is 17.0 Å². The third-order valence-electron chi connectivity index (χ3n) is 2.21. The Kier molecular flexibility index (Phi) is 3.71. The number of nitrogens with one attached hydrogen (secondary N) is 2. The van der Waals surface area contributed by atoms with E-state index in [4.69, 9.17) is 16.7 Å². The molecule has 0 spiro atoms. The maximum atomic E-state index is 10.5. The number of nitro benzene ring substituents is 1. The van der Waals surface area contributed by atoms with Crippen LogP contribution >= 0.6 is 12.2 Å². The fourth-order valence-corrected chi connectivity index (χ4v) is 1.59. The smallest absolute Gasteiger partial charge is 0.269 e. The molecule has 0 atom stereocenters. The lowest BCUT2D eigenvalue weighted by atomic mass is 10.3. The molecule has 19 heavy (non-hydrogen) atoms. The van der Waals surface area contributed by atoms with E-state index in [9.17, 15) is 10.1 Å². The van der Waals surface area contributed by atoms with E-state index in [2.05, 4.69) is 15.8 Å². The molecule has 0 saturated heterocycles. The zero-order valence-corrected chi connectivity index (χ0v) is 10.7. The molecule has 0 saturated carbocycles. The van der Waals surface area contributed by atoms with Crippen LogP contribution in [0.3, 0.4) is 0 Å². The number of aryl methyl sites for hydroxylation is 1. The standard InChI is InChI=1S/C11H10N4O3S/c1-7-6-10(14-18-7)13-11(19)12-8-2-4-9(5-3-8)15(16)17/h2-6H,1H3,(H2,12,13,14,19). The van der Waals surface area contributed by atoms with Crippen molar-refractivity contribution in [1.82, 2.24) is 5.16 Å². The van der Waals surface area contributed by atoms with E-state index in [1.54, 1.807) is 25.1 Å². The molecule has 0 aliphatic carbocycles. The highest BCUT2D eigenvalue weighted by atomic mass is 32.1. The second kappa shape index (κ2) is 5.44. The highest BCUT2D eigenvalue weighted by molar-refractivity contribution is 7.80. The van der Waals surface area contributed by atoms with Crippen LogP contribution in [-0.2, 0) is 0 Å². The van der Waals surface area contributed by atoms with E-state index >= 15 is 0 Å². The zero-order chi connectivity index (χ0) is 13.8. The molecule has 0 amide bonds. The van der Waals surface area contributed by atoms with Crippen LogP contribution in [0.15, 0.2) is 34.9 Å². The van der Waals surface area contributed by atoms with Crippen LogP contribution in [0.4, 0.5) is 17.2 Å². The van der Waals surface area contributed by atoms with E-state index in [0.29, 0.717) is 22.4 Å². The molecule has 0 bridgehead atoms. The predicted octanol–water partition coefficient (Wildman–Crippen LogP) is 2.70. The van der Waals surface area contributed by atoms with E-state index in [1.807, 2.05) is 0 Å². The minimum Gasteiger partial charge on any atom is -0.360 e. The zero-order valence-electron chi connectivity index (χ0n) is 9.91. The number of hydrogen-bond acceptors (Lipinski definition) is 5. The number of thiocarbonyl (C=S) groups is 1. The van der Waals surface area contributed by atoms with E-state index in [1.165, 1.54) is 12.1 Å². The van der Waals surface area contributed by atoms with Gasteiger partial charge in [0.25, 0.3) is 5.69 Å². The topological polar surface area (TPSA) is 93.2 Å². The summed E-state index contributed by atoms with van der Waals surface area (Å²) in [5.41, 5.74) is 0.667. The van der Waals surface area contributed by atoms with E-state index in [-0.39, 0.29) is 5.69 Å². The van der Waals surface area contributed by atoms with Crippen LogP contribution in [0.1, 0.15) is 5.76 Å². The summed E-state index contributed by atoms with van der Waals surface area (Å²) in [6.07, 6.45) is 0. The Labute approximate surface area is 113 Å². The Bertz CT molecular complexity index is 609. The Balaban J connectivity index is 1.97. The maximum Gasteiger partial charge on any atom is 0.269 e. The minimum atomic E-state index is -0.460. The molecule has 0 fully saturated rings. The molecule has 0 unspecified atom stereocenters. The molecule has 2 aromatic rings. The summed E-state index contributed by atoms with van der Waals surface area (Å²) >= 11 is 5.07. The number of nitrogens with zero attached hydrogens (tertiary/aromatic N) is 2. The largest absolute Gasteiger partial charge is 0.360 e. The number of aromatic nitrogens is 1. The Morgan fingerprint density at radius 2 is 2.05 bits per heavy atom. The summed E-state index contributed by atoms with van der Waals surface area (Å²) < 4.78 is 4.88. The Morgan fingerprint density at radius 1 is 1.37 bits per heavy atom. The van der Waals surface area contributed by atoms with Crippen LogP contribution < -0.4 is 10.6 Å². The monoisotopic (exact) mass is 278 g/mol. The van der Waals surface area contributed by atoms with Crippen molar-refractivity contribution in [3.63, 3.8) is 0 Å². The highest BCUT2D eigenvalue weighted by Gasteiger charge is 2.06. The molecule has 98 valence electrons. The van der Waals surface area contributed by atoms with Gasteiger partial charge in [-0.05, 0) is 31.3 Å². The lowest BCUT2D eigenvalue weighted by Gasteiger charge is -2.07. The summed E-state index contributed by atoms with van der Waals surface area (Å²) in [6, 6.07) is 7.63. The van der Waals surface area contributed by atoms with Gasteiger partial charge in [0.2, 0.25) is 0 Å². The van der Waals surface area contributed by atoms with Crippen molar-refractivity contribution in [3.8, 4) is 0 Å². The van der Waals surface area contributed by atoms with Crippen molar-refractivity contribution in [1.29, 1.82) is 0 Å². The Hall–Kier alpha value is -2.48. The molecule has 1 heterocycles. The maximum absolute atomic E-state index is 10.5. The SMILES string of the molecule is Cc1cc(NC(=S)Nc2ccc([N+](=O)[O-])cc2)no1. The molecule has 0 radical (unpaired) electrons. The van der Waals surface area contributed by atoms with Crippen LogP contribution in [0.2, 0.25) is 0 Å². The van der Waals surface area contributed by atoms with Gasteiger partial charge in [-0.25, -0.2) is 0 Å². The molecule has 2 N–H and O–H groups in total. The summed E-state index contributed by atoms with van der Waals surface area (Å²) in [5, 5.41) is 20.3. The molecular formula is C11H10N4O3S. The molecule has 1 aromatic heterocycles. The first-order valence-electron chi connectivity index (χ1n) is 5.30. The summed E-state index contributed by atoms with van der Waals surface area (Å²) in [5.74, 6) is 1.16. The van der Waals surface area contributed by atoms with Crippen molar-refractivity contribution in [2.75, 3.05) is 10.6 Å². The lowest BCUT2D eigenvalue weighted by molar-refractivity contribution is -0.384. The normalized spacial score (nSPS) is 9.95. The van der Waals surface area contributed by atoms with E-state index < -0.39 is 4.92 Å². The summed E-state index contributed by atoms with van der Waals surface area (Å²) in [4.78, 5) is 10.0. The van der Waals surface area contributed by atoms with Gasteiger partial charge in [0, 0.05) is 23.9 Å². The fraction of sp³-hybridized carbons (Fsp3) is 0.0909. The average Bonchev–Trinajstić information content (AvgIpc) is 2.75. The van der Waals surface area contributed by atoms with Crippen LogP contribution in [-0.4, -0.2) is 15.2 Å². The summed E-state index contributed by atoms with van der Waals surface area (Å²) in [7, 11) is 0. The molecule has 0 aliphatic rings. The van der Waals surface area contributed by atoms with Crippen LogP contribution in [0.25, 0.3) is 0 Å². The molecule has 7 nitrogen and oxygen atoms in total. The van der Waals surface area contributed by atoms with Gasteiger partial charge in [0.15, 0.2) is 10.9 Å². The number of hydrogen-bond donors (Lipinski definition) is 2. The first kappa shape index (κ1) is 13.0. The second-order valence-electron chi connectivity index (χ2n) is 3.71. The third-order valence-corrected chi connectivity index (χ3v) is 2.41.